The molecule has 1 aliphatic rings. The van der Waals surface area contributed by atoms with Gasteiger partial charge in [0.15, 0.2) is 0 Å². The standard InChI is InChI=1S/C19H22BrN3O3S/c1-22-10-12-23(13-11-22)27(25,26)18-8-2-15(3-9-18)14-21-19(24)16-4-6-17(20)7-5-16/h2-9H,10-14H2,1H3,(H,21,24). The maximum atomic E-state index is 12.7. The molecule has 0 aliphatic carbocycles. The van der Waals surface area contributed by atoms with Crippen molar-refractivity contribution in [3.63, 3.8) is 0 Å². The van der Waals surface area contributed by atoms with Gasteiger partial charge < -0.3 is 10.2 Å². The number of rotatable bonds is 5. The third-order valence-corrected chi connectivity index (χ3v) is 7.02. The lowest BCUT2D eigenvalue weighted by molar-refractivity contribution is 0.0951. The molecule has 1 saturated heterocycles. The minimum atomic E-state index is -3.47. The van der Waals surface area contributed by atoms with Gasteiger partial charge in [-0.05, 0) is 49.0 Å². The quantitative estimate of drug-likeness (QED) is 0.756. The molecule has 0 saturated carbocycles. The summed E-state index contributed by atoms with van der Waals surface area (Å²) in [5.74, 6) is -0.170. The topological polar surface area (TPSA) is 69.7 Å². The number of carbonyl (C=O) groups is 1. The van der Waals surface area contributed by atoms with Gasteiger partial charge in [0.05, 0.1) is 4.90 Å². The first-order chi connectivity index (χ1) is 12.9. The van der Waals surface area contributed by atoms with E-state index in [0.717, 1.165) is 23.1 Å². The molecule has 1 heterocycles. The van der Waals surface area contributed by atoms with Crippen LogP contribution in [0, 0.1) is 0 Å². The SMILES string of the molecule is CN1CCN(S(=O)(=O)c2ccc(CNC(=O)c3ccc(Br)cc3)cc2)CC1. The second-order valence-electron chi connectivity index (χ2n) is 6.54. The van der Waals surface area contributed by atoms with Crippen LogP contribution in [0.5, 0.6) is 0 Å². The number of hydrogen-bond donors (Lipinski definition) is 1. The Morgan fingerprint density at radius 3 is 2.19 bits per heavy atom. The van der Waals surface area contributed by atoms with Crippen molar-refractivity contribution in [2.24, 2.45) is 0 Å². The fourth-order valence-corrected chi connectivity index (χ4v) is 4.53. The Bertz CT molecular complexity index is 891. The molecule has 1 fully saturated rings. The van der Waals surface area contributed by atoms with Crippen molar-refractivity contribution in [1.82, 2.24) is 14.5 Å². The molecule has 0 unspecified atom stereocenters. The van der Waals surface area contributed by atoms with E-state index in [9.17, 15) is 13.2 Å². The summed E-state index contributed by atoms with van der Waals surface area (Å²) < 4.78 is 27.9. The van der Waals surface area contributed by atoms with E-state index < -0.39 is 10.0 Å². The number of nitrogens with one attached hydrogen (secondary N) is 1. The fourth-order valence-electron chi connectivity index (χ4n) is 2.84. The molecule has 8 heteroatoms. The number of carbonyl (C=O) groups excluding carboxylic acids is 1. The van der Waals surface area contributed by atoms with Gasteiger partial charge in [-0.15, -0.1) is 0 Å². The Morgan fingerprint density at radius 1 is 1.00 bits per heavy atom. The Hall–Kier alpha value is -1.74. The van der Waals surface area contributed by atoms with Crippen LogP contribution >= 0.6 is 15.9 Å². The highest BCUT2D eigenvalue weighted by Gasteiger charge is 2.27. The van der Waals surface area contributed by atoms with Gasteiger partial charge in [0.2, 0.25) is 10.0 Å². The van der Waals surface area contributed by atoms with Crippen molar-refractivity contribution in [1.29, 1.82) is 0 Å². The molecule has 1 aliphatic heterocycles. The summed E-state index contributed by atoms with van der Waals surface area (Å²) in [7, 11) is -1.48. The molecule has 27 heavy (non-hydrogen) atoms. The Morgan fingerprint density at radius 2 is 1.59 bits per heavy atom. The third kappa shape index (κ3) is 4.95. The molecule has 144 valence electrons. The fraction of sp³-hybridized carbons (Fsp3) is 0.316. The van der Waals surface area contributed by atoms with Crippen LogP contribution in [0.1, 0.15) is 15.9 Å². The summed E-state index contributed by atoms with van der Waals surface area (Å²) in [5, 5.41) is 2.84. The number of nitrogens with zero attached hydrogens (tertiary/aromatic N) is 2. The van der Waals surface area contributed by atoms with Gasteiger partial charge in [0.1, 0.15) is 0 Å². The molecule has 0 atom stereocenters. The van der Waals surface area contributed by atoms with Gasteiger partial charge in [-0.2, -0.15) is 4.31 Å². The Balaban J connectivity index is 1.61. The summed E-state index contributed by atoms with van der Waals surface area (Å²) in [6.07, 6.45) is 0. The van der Waals surface area contributed by atoms with Crippen LogP contribution in [-0.4, -0.2) is 56.8 Å². The van der Waals surface area contributed by atoms with E-state index in [2.05, 4.69) is 26.1 Å². The molecule has 0 bridgehead atoms. The van der Waals surface area contributed by atoms with E-state index in [1.807, 2.05) is 19.2 Å². The van der Waals surface area contributed by atoms with Crippen LogP contribution in [0.4, 0.5) is 0 Å². The van der Waals surface area contributed by atoms with Crippen molar-refractivity contribution in [3.05, 3.63) is 64.1 Å². The van der Waals surface area contributed by atoms with Crippen molar-refractivity contribution in [3.8, 4) is 0 Å². The van der Waals surface area contributed by atoms with Gasteiger partial charge in [0, 0.05) is 42.8 Å². The van der Waals surface area contributed by atoms with Crippen LogP contribution in [0.15, 0.2) is 57.9 Å². The molecule has 1 N–H and O–H groups in total. The number of hydrogen-bond acceptors (Lipinski definition) is 4. The number of halogens is 1. The summed E-state index contributed by atoms with van der Waals surface area (Å²) in [6.45, 7) is 2.82. The zero-order valence-corrected chi connectivity index (χ0v) is 17.5. The molecule has 2 aromatic carbocycles. The molecule has 0 radical (unpaired) electrons. The van der Waals surface area contributed by atoms with E-state index in [-0.39, 0.29) is 10.8 Å². The van der Waals surface area contributed by atoms with E-state index in [1.54, 1.807) is 36.4 Å². The van der Waals surface area contributed by atoms with E-state index in [4.69, 9.17) is 0 Å². The Labute approximate surface area is 168 Å². The van der Waals surface area contributed by atoms with Crippen molar-refractivity contribution >= 4 is 31.9 Å². The largest absolute Gasteiger partial charge is 0.348 e. The zero-order valence-electron chi connectivity index (χ0n) is 15.1. The minimum Gasteiger partial charge on any atom is -0.348 e. The molecule has 2 aromatic rings. The highest BCUT2D eigenvalue weighted by molar-refractivity contribution is 9.10. The van der Waals surface area contributed by atoms with Crippen molar-refractivity contribution in [2.45, 2.75) is 11.4 Å². The summed E-state index contributed by atoms with van der Waals surface area (Å²) in [4.78, 5) is 14.6. The van der Waals surface area contributed by atoms with Crippen LogP contribution in [-0.2, 0) is 16.6 Å². The molecule has 3 rings (SSSR count). The van der Waals surface area contributed by atoms with E-state index in [0.29, 0.717) is 25.2 Å². The first-order valence-electron chi connectivity index (χ1n) is 8.68. The Kier molecular flexibility index (Phi) is 6.31. The van der Waals surface area contributed by atoms with Crippen LogP contribution < -0.4 is 5.32 Å². The van der Waals surface area contributed by atoms with Crippen LogP contribution in [0.3, 0.4) is 0 Å². The van der Waals surface area contributed by atoms with Gasteiger partial charge in [-0.3, -0.25) is 4.79 Å². The maximum absolute atomic E-state index is 12.7. The van der Waals surface area contributed by atoms with Gasteiger partial charge in [-0.1, -0.05) is 28.1 Å². The summed E-state index contributed by atoms with van der Waals surface area (Å²) >= 11 is 3.34. The lowest BCUT2D eigenvalue weighted by Gasteiger charge is -2.31. The normalized spacial score (nSPS) is 16.2. The monoisotopic (exact) mass is 451 g/mol. The predicted octanol–water partition coefficient (Wildman–Crippen LogP) is 2.32. The van der Waals surface area contributed by atoms with Gasteiger partial charge in [-0.25, -0.2) is 8.42 Å². The van der Waals surface area contributed by atoms with Crippen LogP contribution in [0.25, 0.3) is 0 Å². The number of piperazine rings is 1. The number of likely N-dealkylation sites (N-methyl/N-ethyl adjacent to an activating group) is 1. The zero-order chi connectivity index (χ0) is 19.4. The molecule has 0 spiro atoms. The van der Waals surface area contributed by atoms with Crippen molar-refractivity contribution < 1.29 is 13.2 Å². The number of sulfonamides is 1. The van der Waals surface area contributed by atoms with Gasteiger partial charge >= 0.3 is 0 Å². The highest BCUT2D eigenvalue weighted by Crippen LogP contribution is 2.18. The molecule has 6 nitrogen and oxygen atoms in total. The molecule has 0 aromatic heterocycles. The van der Waals surface area contributed by atoms with E-state index >= 15 is 0 Å². The van der Waals surface area contributed by atoms with Crippen LogP contribution in [0.2, 0.25) is 0 Å². The molecular formula is C19H22BrN3O3S. The molecular weight excluding hydrogens is 430 g/mol. The van der Waals surface area contributed by atoms with Gasteiger partial charge in [0.25, 0.3) is 5.91 Å². The average Bonchev–Trinajstić information content (AvgIpc) is 2.67. The maximum Gasteiger partial charge on any atom is 0.251 e. The first-order valence-corrected chi connectivity index (χ1v) is 10.9. The second kappa shape index (κ2) is 8.52. The predicted molar refractivity (Wildman–Crippen MR) is 108 cm³/mol. The second-order valence-corrected chi connectivity index (χ2v) is 9.39. The lowest BCUT2D eigenvalue weighted by atomic mass is 10.2. The average molecular weight is 452 g/mol. The smallest absolute Gasteiger partial charge is 0.251 e. The number of amides is 1. The molecule has 1 amide bonds. The van der Waals surface area contributed by atoms with E-state index in [1.165, 1.54) is 4.31 Å². The third-order valence-electron chi connectivity index (χ3n) is 4.58. The van der Waals surface area contributed by atoms with Crippen molar-refractivity contribution in [2.75, 3.05) is 33.2 Å². The number of benzene rings is 2. The first kappa shape index (κ1) is 20.0. The summed E-state index contributed by atoms with van der Waals surface area (Å²) in [6, 6.07) is 13.8. The summed E-state index contributed by atoms with van der Waals surface area (Å²) in [5.41, 5.74) is 1.42. The highest BCUT2D eigenvalue weighted by atomic mass is 79.9. The lowest BCUT2D eigenvalue weighted by Crippen LogP contribution is -2.47. The minimum absolute atomic E-state index is 0.170.